The van der Waals surface area contributed by atoms with Gasteiger partial charge in [0, 0.05) is 48.5 Å². The van der Waals surface area contributed by atoms with Crippen molar-refractivity contribution < 1.29 is 4.21 Å². The average molecular weight is 202 g/mol. The Bertz CT molecular complexity index is 206. The summed E-state index contributed by atoms with van der Waals surface area (Å²) in [6.45, 7) is 5.61. The highest BCUT2D eigenvalue weighted by Gasteiger charge is 2.14. The largest absolute Gasteiger partial charge is 0.327 e. The van der Waals surface area contributed by atoms with Crippen molar-refractivity contribution in [3.63, 3.8) is 0 Å². The van der Waals surface area contributed by atoms with E-state index >= 15 is 0 Å². The molecule has 4 heteroatoms. The second-order valence-corrected chi connectivity index (χ2v) is 5.11. The van der Waals surface area contributed by atoms with Crippen LogP contribution in [-0.2, 0) is 10.8 Å². The molecular formula is C9H18N2OS. The predicted octanol–water partition coefficient (Wildman–Crippen LogP) is -0.0443. The number of nitrogens with zero attached hydrogens (tertiary/aromatic N) is 1. The summed E-state index contributed by atoms with van der Waals surface area (Å²) in [7, 11) is -0.565. The number of hydrogen-bond donors (Lipinski definition) is 1. The van der Waals surface area contributed by atoms with E-state index in [-0.39, 0.29) is 0 Å². The maximum Gasteiger partial charge on any atom is 0.0363 e. The normalized spacial score (nSPS) is 22.2. The third-order valence-corrected chi connectivity index (χ3v) is 3.49. The van der Waals surface area contributed by atoms with Crippen LogP contribution in [0.25, 0.3) is 0 Å². The fourth-order valence-corrected chi connectivity index (χ4v) is 2.58. The van der Waals surface area contributed by atoms with Gasteiger partial charge in [-0.2, -0.15) is 0 Å². The minimum Gasteiger partial charge on any atom is -0.327 e. The Kier molecular flexibility index (Phi) is 4.62. The van der Waals surface area contributed by atoms with Crippen molar-refractivity contribution in [2.75, 3.05) is 37.7 Å². The Morgan fingerprint density at radius 1 is 1.54 bits per heavy atom. The third kappa shape index (κ3) is 4.02. The van der Waals surface area contributed by atoms with Crippen LogP contribution in [0.4, 0.5) is 0 Å². The van der Waals surface area contributed by atoms with Crippen LogP contribution in [0.15, 0.2) is 11.6 Å². The van der Waals surface area contributed by atoms with Crippen LogP contribution in [0, 0.1) is 0 Å². The molecule has 0 saturated carbocycles. The maximum atomic E-state index is 11.1. The minimum atomic E-state index is -0.565. The van der Waals surface area contributed by atoms with E-state index in [1.807, 2.05) is 6.08 Å². The number of rotatable bonds is 3. The van der Waals surface area contributed by atoms with E-state index < -0.39 is 10.8 Å². The highest BCUT2D eigenvalue weighted by atomic mass is 32.2. The van der Waals surface area contributed by atoms with E-state index in [1.54, 1.807) is 0 Å². The summed E-state index contributed by atoms with van der Waals surface area (Å²) in [5.41, 5.74) is 6.73. The van der Waals surface area contributed by atoms with E-state index in [2.05, 4.69) is 11.8 Å². The van der Waals surface area contributed by atoms with Gasteiger partial charge < -0.3 is 5.73 Å². The summed E-state index contributed by atoms with van der Waals surface area (Å²) >= 11 is 0. The van der Waals surface area contributed by atoms with Crippen LogP contribution < -0.4 is 5.73 Å². The summed E-state index contributed by atoms with van der Waals surface area (Å²) in [5.74, 6) is 1.66. The molecule has 13 heavy (non-hydrogen) atoms. The Hall–Kier alpha value is -0.190. The van der Waals surface area contributed by atoms with Crippen molar-refractivity contribution in [1.29, 1.82) is 0 Å². The van der Waals surface area contributed by atoms with Crippen molar-refractivity contribution in [2.24, 2.45) is 5.73 Å². The van der Waals surface area contributed by atoms with Crippen LogP contribution >= 0.6 is 0 Å². The first-order valence-electron chi connectivity index (χ1n) is 4.65. The number of hydrogen-bond acceptors (Lipinski definition) is 3. The van der Waals surface area contributed by atoms with E-state index in [1.165, 1.54) is 5.57 Å². The van der Waals surface area contributed by atoms with Gasteiger partial charge in [-0.05, 0) is 6.92 Å². The smallest absolute Gasteiger partial charge is 0.0363 e. The molecule has 0 amide bonds. The summed E-state index contributed by atoms with van der Waals surface area (Å²) < 4.78 is 11.1. The Balaban J connectivity index is 2.30. The molecule has 1 heterocycles. The summed E-state index contributed by atoms with van der Waals surface area (Å²) in [4.78, 5) is 2.34. The molecule has 0 aromatic rings. The molecule has 0 atom stereocenters. The Labute approximate surface area is 82.4 Å². The molecule has 0 bridgehead atoms. The summed E-state index contributed by atoms with van der Waals surface area (Å²) in [6, 6.07) is 0. The van der Waals surface area contributed by atoms with Crippen LogP contribution in [0.2, 0.25) is 0 Å². The molecule has 1 aliphatic rings. The van der Waals surface area contributed by atoms with Crippen molar-refractivity contribution in [3.8, 4) is 0 Å². The van der Waals surface area contributed by atoms with E-state index in [0.717, 1.165) is 31.1 Å². The van der Waals surface area contributed by atoms with E-state index in [4.69, 9.17) is 5.73 Å². The van der Waals surface area contributed by atoms with Gasteiger partial charge in [-0.15, -0.1) is 0 Å². The molecule has 0 radical (unpaired) electrons. The maximum absolute atomic E-state index is 11.1. The zero-order valence-corrected chi connectivity index (χ0v) is 8.98. The van der Waals surface area contributed by atoms with Gasteiger partial charge in [-0.3, -0.25) is 9.11 Å². The molecule has 1 fully saturated rings. The van der Waals surface area contributed by atoms with Crippen molar-refractivity contribution >= 4 is 10.8 Å². The summed E-state index contributed by atoms with van der Waals surface area (Å²) in [5, 5.41) is 0. The Morgan fingerprint density at radius 2 is 2.15 bits per heavy atom. The zero-order chi connectivity index (χ0) is 9.68. The monoisotopic (exact) mass is 202 g/mol. The lowest BCUT2D eigenvalue weighted by atomic mass is 10.2. The third-order valence-electron chi connectivity index (χ3n) is 2.21. The second kappa shape index (κ2) is 5.52. The van der Waals surface area contributed by atoms with Crippen molar-refractivity contribution in [1.82, 2.24) is 4.90 Å². The van der Waals surface area contributed by atoms with Gasteiger partial charge in [0.15, 0.2) is 0 Å². The molecule has 1 aliphatic heterocycles. The predicted molar refractivity (Wildman–Crippen MR) is 57.1 cm³/mol. The standard InChI is InChI=1S/C9H18N2OS/c1-9(2-3-10)8-11-4-6-13(12)7-5-11/h2H,3-8,10H2,1H3/b9-2+. The highest BCUT2D eigenvalue weighted by molar-refractivity contribution is 7.85. The zero-order valence-electron chi connectivity index (χ0n) is 8.16. The topological polar surface area (TPSA) is 46.3 Å². The lowest BCUT2D eigenvalue weighted by Crippen LogP contribution is -2.38. The van der Waals surface area contributed by atoms with Gasteiger partial charge in [0.2, 0.25) is 0 Å². The molecule has 0 unspecified atom stereocenters. The molecule has 1 saturated heterocycles. The molecule has 0 aliphatic carbocycles. The van der Waals surface area contributed by atoms with Crippen LogP contribution in [0.3, 0.4) is 0 Å². The van der Waals surface area contributed by atoms with Crippen molar-refractivity contribution in [3.05, 3.63) is 11.6 Å². The molecule has 1 rings (SSSR count). The first kappa shape index (κ1) is 10.9. The van der Waals surface area contributed by atoms with Gasteiger partial charge in [0.25, 0.3) is 0 Å². The molecule has 0 aromatic carbocycles. The fraction of sp³-hybridized carbons (Fsp3) is 0.778. The number of nitrogens with two attached hydrogens (primary N) is 1. The second-order valence-electron chi connectivity index (χ2n) is 3.41. The molecule has 3 nitrogen and oxygen atoms in total. The Morgan fingerprint density at radius 3 is 2.69 bits per heavy atom. The average Bonchev–Trinajstić information content (AvgIpc) is 2.09. The van der Waals surface area contributed by atoms with Gasteiger partial charge in [0.05, 0.1) is 0 Å². The highest BCUT2D eigenvalue weighted by Crippen LogP contribution is 2.03. The van der Waals surface area contributed by atoms with Crippen LogP contribution in [0.1, 0.15) is 6.92 Å². The van der Waals surface area contributed by atoms with Crippen LogP contribution in [-0.4, -0.2) is 46.8 Å². The fourth-order valence-electron chi connectivity index (χ4n) is 1.45. The first-order valence-corrected chi connectivity index (χ1v) is 6.14. The molecule has 2 N–H and O–H groups in total. The molecule has 76 valence electrons. The van der Waals surface area contributed by atoms with Crippen molar-refractivity contribution in [2.45, 2.75) is 6.92 Å². The van der Waals surface area contributed by atoms with E-state index in [0.29, 0.717) is 6.54 Å². The minimum absolute atomic E-state index is 0.565. The van der Waals surface area contributed by atoms with Gasteiger partial charge in [-0.25, -0.2) is 0 Å². The SMILES string of the molecule is C/C(=C\CN)CN1CCS(=O)CC1. The van der Waals surface area contributed by atoms with Gasteiger partial charge in [-0.1, -0.05) is 11.6 Å². The van der Waals surface area contributed by atoms with E-state index in [9.17, 15) is 4.21 Å². The molecular weight excluding hydrogens is 184 g/mol. The first-order chi connectivity index (χ1) is 6.22. The summed E-state index contributed by atoms with van der Waals surface area (Å²) in [6.07, 6.45) is 2.05. The quantitative estimate of drug-likeness (QED) is 0.653. The molecule has 0 spiro atoms. The lowest BCUT2D eigenvalue weighted by Gasteiger charge is -2.26. The van der Waals surface area contributed by atoms with Gasteiger partial charge in [0.1, 0.15) is 0 Å². The molecule has 0 aromatic heterocycles. The van der Waals surface area contributed by atoms with Crippen LogP contribution in [0.5, 0.6) is 0 Å². The van der Waals surface area contributed by atoms with Gasteiger partial charge >= 0.3 is 0 Å². The lowest BCUT2D eigenvalue weighted by molar-refractivity contribution is 0.324.